The smallest absolute Gasteiger partial charge is 0.232 e. The molecule has 178 valence electrons. The molecule has 2 N–H and O–H groups in total. The van der Waals surface area contributed by atoms with Gasteiger partial charge in [0.1, 0.15) is 11.6 Å². The minimum absolute atomic E-state index is 0.125. The molecule has 7 nitrogen and oxygen atoms in total. The second-order valence-corrected chi connectivity index (χ2v) is 10.5. The van der Waals surface area contributed by atoms with Crippen LogP contribution in [0.4, 0.5) is 23.3 Å². The van der Waals surface area contributed by atoms with E-state index in [0.29, 0.717) is 17.1 Å². The third-order valence-corrected chi connectivity index (χ3v) is 6.44. The number of rotatable bonds is 4. The van der Waals surface area contributed by atoms with Gasteiger partial charge in [-0.05, 0) is 71.3 Å². The highest BCUT2D eigenvalue weighted by molar-refractivity contribution is 7.80. The van der Waals surface area contributed by atoms with E-state index in [2.05, 4.69) is 89.4 Å². The van der Waals surface area contributed by atoms with Crippen LogP contribution in [0.3, 0.4) is 0 Å². The fourth-order valence-electron chi connectivity index (χ4n) is 4.53. The lowest BCUT2D eigenvalue weighted by Gasteiger charge is -2.38. The van der Waals surface area contributed by atoms with E-state index in [4.69, 9.17) is 22.2 Å². The van der Waals surface area contributed by atoms with E-state index in [9.17, 15) is 0 Å². The summed E-state index contributed by atoms with van der Waals surface area (Å²) in [5.41, 5.74) is 1.16. The molecule has 0 bridgehead atoms. The van der Waals surface area contributed by atoms with Crippen molar-refractivity contribution in [1.82, 2.24) is 15.3 Å². The van der Waals surface area contributed by atoms with Gasteiger partial charge >= 0.3 is 0 Å². The van der Waals surface area contributed by atoms with E-state index in [-0.39, 0.29) is 5.54 Å². The standard InChI is InChI=1S/C25H37N7S/c1-19-10-8-9-13-32(19)22-18-21(26-23(27-22)28-24(33)29-25(2,3)4)31-16-14-30(15-17-31)20-11-6-5-7-12-20/h5-7,11-12,18-19H,8-10,13-17H2,1-4H3,(H2,26,27,28,29,33)/t19-/m1/s1. The molecule has 1 aromatic heterocycles. The van der Waals surface area contributed by atoms with Crippen molar-refractivity contribution in [2.45, 2.75) is 58.5 Å². The van der Waals surface area contributed by atoms with E-state index in [1.165, 1.54) is 24.9 Å². The first-order chi connectivity index (χ1) is 15.8. The Morgan fingerprint density at radius 2 is 1.61 bits per heavy atom. The van der Waals surface area contributed by atoms with Crippen LogP contribution in [0.5, 0.6) is 0 Å². The second-order valence-electron chi connectivity index (χ2n) is 10.1. The van der Waals surface area contributed by atoms with Gasteiger partial charge < -0.3 is 25.3 Å². The number of nitrogens with zero attached hydrogens (tertiary/aromatic N) is 5. The summed E-state index contributed by atoms with van der Waals surface area (Å²) in [6.45, 7) is 13.4. The summed E-state index contributed by atoms with van der Waals surface area (Å²) in [6.07, 6.45) is 3.68. The predicted octanol–water partition coefficient (Wildman–Crippen LogP) is 4.27. The van der Waals surface area contributed by atoms with Gasteiger partial charge in [0.25, 0.3) is 0 Å². The zero-order valence-electron chi connectivity index (χ0n) is 20.3. The minimum atomic E-state index is -0.125. The minimum Gasteiger partial charge on any atom is -0.368 e. The molecule has 2 saturated heterocycles. The van der Waals surface area contributed by atoms with E-state index >= 15 is 0 Å². The summed E-state index contributed by atoms with van der Waals surface area (Å²) >= 11 is 5.54. The van der Waals surface area contributed by atoms with Crippen LogP contribution < -0.4 is 25.3 Å². The Labute approximate surface area is 203 Å². The number of anilines is 4. The number of nitrogens with one attached hydrogen (secondary N) is 2. The molecule has 0 saturated carbocycles. The Kier molecular flexibility index (Phi) is 7.22. The molecule has 0 unspecified atom stereocenters. The Hall–Kier alpha value is -2.61. The van der Waals surface area contributed by atoms with Crippen LogP contribution in [-0.4, -0.2) is 59.4 Å². The van der Waals surface area contributed by atoms with Crippen molar-refractivity contribution < 1.29 is 0 Å². The first-order valence-electron chi connectivity index (χ1n) is 12.1. The molecular formula is C25H37N7S. The maximum Gasteiger partial charge on any atom is 0.232 e. The average Bonchev–Trinajstić information content (AvgIpc) is 2.78. The third kappa shape index (κ3) is 6.25. The number of piperazine rings is 1. The summed E-state index contributed by atoms with van der Waals surface area (Å²) < 4.78 is 0. The molecule has 33 heavy (non-hydrogen) atoms. The second kappa shape index (κ2) is 10.1. The SMILES string of the molecule is C[C@@H]1CCCCN1c1cc(N2CCN(c3ccccc3)CC2)nc(NC(=S)NC(C)(C)C)n1. The molecule has 0 spiro atoms. The first-order valence-corrected chi connectivity index (χ1v) is 12.5. The van der Waals surface area contributed by atoms with E-state index < -0.39 is 0 Å². The number of hydrogen-bond acceptors (Lipinski definition) is 6. The summed E-state index contributed by atoms with van der Waals surface area (Å²) in [7, 11) is 0. The molecule has 0 amide bonds. The topological polar surface area (TPSA) is 59.6 Å². The molecule has 2 aliphatic heterocycles. The highest BCUT2D eigenvalue weighted by Gasteiger charge is 2.24. The zero-order valence-corrected chi connectivity index (χ0v) is 21.2. The summed E-state index contributed by atoms with van der Waals surface area (Å²) in [6, 6.07) is 13.3. The number of benzene rings is 1. The number of para-hydroxylation sites is 1. The lowest BCUT2D eigenvalue weighted by molar-refractivity contribution is 0.481. The van der Waals surface area contributed by atoms with Crippen LogP contribution in [0.1, 0.15) is 47.0 Å². The Morgan fingerprint density at radius 3 is 2.27 bits per heavy atom. The molecule has 2 fully saturated rings. The number of thiocarbonyl (C=S) groups is 1. The molecule has 0 radical (unpaired) electrons. The number of aromatic nitrogens is 2. The summed E-state index contributed by atoms with van der Waals surface area (Å²) in [4.78, 5) is 17.0. The Balaban J connectivity index is 1.54. The maximum absolute atomic E-state index is 5.54. The van der Waals surface area contributed by atoms with Gasteiger partial charge in [-0.2, -0.15) is 9.97 Å². The predicted molar refractivity (Wildman–Crippen MR) is 143 cm³/mol. The van der Waals surface area contributed by atoms with Crippen molar-refractivity contribution in [3.05, 3.63) is 36.4 Å². The van der Waals surface area contributed by atoms with Crippen molar-refractivity contribution in [2.75, 3.05) is 52.7 Å². The van der Waals surface area contributed by atoms with Crippen molar-refractivity contribution in [3.8, 4) is 0 Å². The molecule has 3 heterocycles. The van der Waals surface area contributed by atoms with Crippen LogP contribution in [0.2, 0.25) is 0 Å². The summed E-state index contributed by atoms with van der Waals surface area (Å²) in [5.74, 6) is 2.51. The van der Waals surface area contributed by atoms with Crippen molar-refractivity contribution in [2.24, 2.45) is 0 Å². The number of piperidine rings is 1. The van der Waals surface area contributed by atoms with Crippen molar-refractivity contribution in [3.63, 3.8) is 0 Å². The molecule has 2 aliphatic rings. The van der Waals surface area contributed by atoms with Crippen LogP contribution in [0.25, 0.3) is 0 Å². The molecule has 2 aromatic rings. The van der Waals surface area contributed by atoms with Crippen LogP contribution in [0, 0.1) is 0 Å². The fourth-order valence-corrected chi connectivity index (χ4v) is 4.93. The first kappa shape index (κ1) is 23.5. The molecule has 1 atom stereocenters. The van der Waals surface area contributed by atoms with E-state index in [1.807, 2.05) is 0 Å². The van der Waals surface area contributed by atoms with Gasteiger partial charge in [0.2, 0.25) is 5.95 Å². The maximum atomic E-state index is 5.54. The van der Waals surface area contributed by atoms with Crippen LogP contribution in [0.15, 0.2) is 36.4 Å². The van der Waals surface area contributed by atoms with Crippen LogP contribution in [-0.2, 0) is 0 Å². The quantitative estimate of drug-likeness (QED) is 0.647. The lowest BCUT2D eigenvalue weighted by Crippen LogP contribution is -2.47. The highest BCUT2D eigenvalue weighted by Crippen LogP contribution is 2.28. The highest BCUT2D eigenvalue weighted by atomic mass is 32.1. The van der Waals surface area contributed by atoms with Gasteiger partial charge in [0.15, 0.2) is 5.11 Å². The van der Waals surface area contributed by atoms with Crippen molar-refractivity contribution in [1.29, 1.82) is 0 Å². The molecule has 8 heteroatoms. The van der Waals surface area contributed by atoms with Crippen LogP contribution >= 0.6 is 12.2 Å². The Morgan fingerprint density at radius 1 is 0.939 bits per heavy atom. The van der Waals surface area contributed by atoms with Gasteiger partial charge in [0, 0.05) is 56.1 Å². The molecule has 0 aliphatic carbocycles. The Bertz CT molecular complexity index is 936. The fraction of sp³-hybridized carbons (Fsp3) is 0.560. The largest absolute Gasteiger partial charge is 0.368 e. The van der Waals surface area contributed by atoms with E-state index in [0.717, 1.165) is 44.4 Å². The number of hydrogen-bond donors (Lipinski definition) is 2. The monoisotopic (exact) mass is 467 g/mol. The van der Waals surface area contributed by atoms with Gasteiger partial charge in [-0.15, -0.1) is 0 Å². The summed E-state index contributed by atoms with van der Waals surface area (Å²) in [5, 5.41) is 7.09. The molecule has 4 rings (SSSR count). The zero-order chi connectivity index (χ0) is 23.4. The van der Waals surface area contributed by atoms with Gasteiger partial charge in [-0.3, -0.25) is 0 Å². The van der Waals surface area contributed by atoms with Gasteiger partial charge in [-0.1, -0.05) is 18.2 Å². The molecular weight excluding hydrogens is 430 g/mol. The normalized spacial score (nSPS) is 19.4. The van der Waals surface area contributed by atoms with Crippen molar-refractivity contribution >= 4 is 40.6 Å². The van der Waals surface area contributed by atoms with E-state index in [1.54, 1.807) is 0 Å². The third-order valence-electron chi connectivity index (χ3n) is 6.24. The molecule has 1 aromatic carbocycles. The lowest BCUT2D eigenvalue weighted by atomic mass is 10.0. The van der Waals surface area contributed by atoms with Gasteiger partial charge in [-0.25, -0.2) is 0 Å². The average molecular weight is 468 g/mol. The van der Waals surface area contributed by atoms with Gasteiger partial charge in [0.05, 0.1) is 0 Å².